The standard InChI is InChI=1S/C9H7BrFNO3/c1-4(13)12-5-2-6(10)8(9(14)15)7(11)3-5/h2-3H,1H3,(H,12,13)(H,14,15). The number of carboxylic acids is 1. The van der Waals surface area contributed by atoms with Crippen molar-refractivity contribution in [2.45, 2.75) is 6.92 Å². The van der Waals surface area contributed by atoms with Gasteiger partial charge in [-0.05, 0) is 28.1 Å². The first-order valence-electron chi connectivity index (χ1n) is 3.91. The van der Waals surface area contributed by atoms with Gasteiger partial charge in [-0.25, -0.2) is 9.18 Å². The average molecular weight is 276 g/mol. The fraction of sp³-hybridized carbons (Fsp3) is 0.111. The second-order valence-corrected chi connectivity index (χ2v) is 3.66. The van der Waals surface area contributed by atoms with Gasteiger partial charge in [0.05, 0.1) is 0 Å². The lowest BCUT2D eigenvalue weighted by atomic mass is 10.2. The Morgan fingerprint density at radius 3 is 2.47 bits per heavy atom. The third-order valence-corrected chi connectivity index (χ3v) is 2.20. The molecule has 1 aromatic carbocycles. The van der Waals surface area contributed by atoms with Crippen LogP contribution >= 0.6 is 15.9 Å². The molecule has 6 heteroatoms. The molecule has 0 radical (unpaired) electrons. The van der Waals surface area contributed by atoms with E-state index >= 15 is 0 Å². The van der Waals surface area contributed by atoms with E-state index in [2.05, 4.69) is 21.2 Å². The fourth-order valence-electron chi connectivity index (χ4n) is 1.05. The maximum absolute atomic E-state index is 13.2. The molecule has 0 aliphatic rings. The molecule has 1 rings (SSSR count). The van der Waals surface area contributed by atoms with Gasteiger partial charge in [-0.3, -0.25) is 4.79 Å². The molecule has 0 aliphatic carbocycles. The van der Waals surface area contributed by atoms with Crippen molar-refractivity contribution in [1.82, 2.24) is 0 Å². The van der Waals surface area contributed by atoms with E-state index in [0.29, 0.717) is 0 Å². The minimum Gasteiger partial charge on any atom is -0.478 e. The molecule has 0 heterocycles. The van der Waals surface area contributed by atoms with Crippen molar-refractivity contribution in [2.75, 3.05) is 5.32 Å². The Hall–Kier alpha value is -1.43. The minimum atomic E-state index is -1.37. The van der Waals surface area contributed by atoms with Crippen LogP contribution < -0.4 is 5.32 Å². The van der Waals surface area contributed by atoms with Gasteiger partial charge in [0.15, 0.2) is 0 Å². The van der Waals surface area contributed by atoms with E-state index in [-0.39, 0.29) is 16.1 Å². The van der Waals surface area contributed by atoms with Crippen molar-refractivity contribution in [2.24, 2.45) is 0 Å². The maximum atomic E-state index is 13.2. The van der Waals surface area contributed by atoms with Crippen LogP contribution in [0.5, 0.6) is 0 Å². The molecule has 0 bridgehead atoms. The molecule has 0 spiro atoms. The molecular formula is C9H7BrFNO3. The summed E-state index contributed by atoms with van der Waals surface area (Å²) in [6.45, 7) is 1.27. The highest BCUT2D eigenvalue weighted by Gasteiger charge is 2.16. The summed E-state index contributed by atoms with van der Waals surface area (Å²) < 4.78 is 13.3. The molecule has 0 atom stereocenters. The van der Waals surface area contributed by atoms with Gasteiger partial charge in [-0.1, -0.05) is 0 Å². The van der Waals surface area contributed by atoms with E-state index in [4.69, 9.17) is 5.11 Å². The quantitative estimate of drug-likeness (QED) is 0.870. The van der Waals surface area contributed by atoms with Gasteiger partial charge in [0.1, 0.15) is 11.4 Å². The fourth-order valence-corrected chi connectivity index (χ4v) is 1.66. The Kier molecular flexibility index (Phi) is 3.41. The van der Waals surface area contributed by atoms with Gasteiger partial charge in [-0.2, -0.15) is 0 Å². The Morgan fingerprint density at radius 1 is 1.47 bits per heavy atom. The Labute approximate surface area is 93.2 Å². The summed E-state index contributed by atoms with van der Waals surface area (Å²) in [7, 11) is 0. The molecule has 2 N–H and O–H groups in total. The molecule has 0 aromatic heterocycles. The van der Waals surface area contributed by atoms with Crippen LogP contribution in [0.1, 0.15) is 17.3 Å². The van der Waals surface area contributed by atoms with Crippen molar-refractivity contribution in [3.05, 3.63) is 28.0 Å². The van der Waals surface area contributed by atoms with Crippen LogP contribution in [0.15, 0.2) is 16.6 Å². The zero-order chi connectivity index (χ0) is 11.6. The first-order chi connectivity index (χ1) is 6.91. The van der Waals surface area contributed by atoms with Crippen LogP contribution in [0.4, 0.5) is 10.1 Å². The largest absolute Gasteiger partial charge is 0.478 e. The topological polar surface area (TPSA) is 66.4 Å². The number of hydrogen-bond acceptors (Lipinski definition) is 2. The van der Waals surface area contributed by atoms with Crippen molar-refractivity contribution < 1.29 is 19.1 Å². The highest BCUT2D eigenvalue weighted by atomic mass is 79.9. The summed E-state index contributed by atoms with van der Waals surface area (Å²) in [4.78, 5) is 21.3. The first-order valence-corrected chi connectivity index (χ1v) is 4.71. The van der Waals surface area contributed by atoms with Crippen molar-refractivity contribution in [3.63, 3.8) is 0 Å². The number of benzene rings is 1. The summed E-state index contributed by atoms with van der Waals surface area (Å²) in [6, 6.07) is 2.28. The lowest BCUT2D eigenvalue weighted by molar-refractivity contribution is -0.114. The highest BCUT2D eigenvalue weighted by molar-refractivity contribution is 9.10. The molecule has 4 nitrogen and oxygen atoms in total. The third kappa shape index (κ3) is 2.76. The normalized spacial score (nSPS) is 9.80. The van der Waals surface area contributed by atoms with E-state index in [1.165, 1.54) is 13.0 Å². The number of amides is 1. The number of carboxylic acid groups (broad SMARTS) is 1. The molecule has 0 unspecified atom stereocenters. The molecule has 80 valence electrons. The summed E-state index contributed by atoms with van der Waals surface area (Å²) in [5, 5.41) is 11.0. The van der Waals surface area contributed by atoms with Crippen LogP contribution in [-0.4, -0.2) is 17.0 Å². The zero-order valence-corrected chi connectivity index (χ0v) is 9.26. The Bertz CT molecular complexity index is 410. The predicted molar refractivity (Wildman–Crippen MR) is 55.4 cm³/mol. The summed E-state index contributed by atoms with van der Waals surface area (Å²) >= 11 is 2.92. The van der Waals surface area contributed by atoms with Crippen LogP contribution in [0.2, 0.25) is 0 Å². The number of carbonyl (C=O) groups excluding carboxylic acids is 1. The van der Waals surface area contributed by atoms with Crippen LogP contribution in [0.3, 0.4) is 0 Å². The van der Waals surface area contributed by atoms with Gasteiger partial charge in [0.25, 0.3) is 0 Å². The van der Waals surface area contributed by atoms with Gasteiger partial charge >= 0.3 is 5.97 Å². The van der Waals surface area contributed by atoms with Crippen LogP contribution in [-0.2, 0) is 4.79 Å². The average Bonchev–Trinajstić information content (AvgIpc) is 1.99. The van der Waals surface area contributed by atoms with Gasteiger partial charge in [-0.15, -0.1) is 0 Å². The maximum Gasteiger partial charge on any atom is 0.339 e. The molecular weight excluding hydrogens is 269 g/mol. The van der Waals surface area contributed by atoms with Crippen molar-refractivity contribution in [1.29, 1.82) is 0 Å². The number of halogens is 2. The minimum absolute atomic E-state index is 0.0822. The van der Waals surface area contributed by atoms with Gasteiger partial charge in [0.2, 0.25) is 5.91 Å². The SMILES string of the molecule is CC(=O)Nc1cc(F)c(C(=O)O)c(Br)c1. The summed E-state index contributed by atoms with van der Waals surface area (Å²) in [5.41, 5.74) is -0.249. The zero-order valence-electron chi connectivity index (χ0n) is 7.67. The second kappa shape index (κ2) is 4.39. The number of nitrogens with one attached hydrogen (secondary N) is 1. The number of anilines is 1. The predicted octanol–water partition coefficient (Wildman–Crippen LogP) is 2.24. The third-order valence-electron chi connectivity index (χ3n) is 1.58. The van der Waals surface area contributed by atoms with Crippen molar-refractivity contribution >= 4 is 33.5 Å². The molecule has 0 saturated carbocycles. The summed E-state index contributed by atoms with van der Waals surface area (Å²) in [6.07, 6.45) is 0. The monoisotopic (exact) mass is 275 g/mol. The molecule has 0 saturated heterocycles. The van der Waals surface area contributed by atoms with Crippen LogP contribution in [0.25, 0.3) is 0 Å². The smallest absolute Gasteiger partial charge is 0.339 e. The van der Waals surface area contributed by atoms with E-state index in [9.17, 15) is 14.0 Å². The number of aromatic carboxylic acids is 1. The van der Waals surface area contributed by atoms with Crippen molar-refractivity contribution in [3.8, 4) is 0 Å². The highest BCUT2D eigenvalue weighted by Crippen LogP contribution is 2.24. The number of carbonyl (C=O) groups is 2. The molecule has 1 amide bonds. The van der Waals surface area contributed by atoms with E-state index in [0.717, 1.165) is 6.07 Å². The van der Waals surface area contributed by atoms with Gasteiger partial charge < -0.3 is 10.4 Å². The first kappa shape index (κ1) is 11.6. The lowest BCUT2D eigenvalue weighted by Gasteiger charge is -2.06. The Balaban J connectivity index is 3.19. The Morgan fingerprint density at radius 2 is 2.07 bits per heavy atom. The number of rotatable bonds is 2. The second-order valence-electron chi connectivity index (χ2n) is 2.80. The molecule has 15 heavy (non-hydrogen) atoms. The molecule has 0 aliphatic heterocycles. The van der Waals surface area contributed by atoms with E-state index in [1.54, 1.807) is 0 Å². The van der Waals surface area contributed by atoms with Gasteiger partial charge in [0, 0.05) is 17.1 Å². The van der Waals surface area contributed by atoms with E-state index in [1.807, 2.05) is 0 Å². The molecule has 0 fully saturated rings. The number of hydrogen-bond donors (Lipinski definition) is 2. The van der Waals surface area contributed by atoms with Crippen LogP contribution in [0, 0.1) is 5.82 Å². The van der Waals surface area contributed by atoms with E-state index < -0.39 is 17.3 Å². The molecule has 1 aromatic rings. The lowest BCUT2D eigenvalue weighted by Crippen LogP contribution is -2.08. The summed E-state index contributed by atoms with van der Waals surface area (Å²) in [5.74, 6) is -2.63.